The summed E-state index contributed by atoms with van der Waals surface area (Å²) in [6, 6.07) is 17.7. The van der Waals surface area contributed by atoms with Gasteiger partial charge in [-0.3, -0.25) is 9.59 Å². The zero-order chi connectivity index (χ0) is 37.7. The van der Waals surface area contributed by atoms with Crippen LogP contribution in [0.25, 0.3) is 21.8 Å². The van der Waals surface area contributed by atoms with Crippen molar-refractivity contribution in [2.45, 2.75) is 30.9 Å². The van der Waals surface area contributed by atoms with Gasteiger partial charge in [0, 0.05) is 41.1 Å². The molecular weight excluding hydrogens is 705 g/mol. The molecule has 15 heteroatoms. The van der Waals surface area contributed by atoms with Crippen LogP contribution in [-0.2, 0) is 32.0 Å². The van der Waals surface area contributed by atoms with E-state index >= 15 is 0 Å². The van der Waals surface area contributed by atoms with Gasteiger partial charge in [0.25, 0.3) is 11.5 Å². The second kappa shape index (κ2) is 13.1. The van der Waals surface area contributed by atoms with E-state index in [9.17, 15) is 54.2 Å². The standard InChI is InChI=1S/C37H26F9N3O3/c1-49-28-9-5-3-7-26(28)32(50)30(34(49)52)29(19-10-12-21(13-11-19)35(38,39)40)31-25(24-6-2-4-8-27(24)48-31)14-15-47-33(51)20-16-22(36(41,42)43)18-23(17-20)37(44,45)46/h2-13,16-18,29,48,50H,14-15H2,1H3,(H,47,51). The number of H-pyrrole nitrogens is 1. The van der Waals surface area contributed by atoms with Crippen molar-refractivity contribution in [2.24, 2.45) is 7.05 Å². The second-order valence-corrected chi connectivity index (χ2v) is 12.1. The predicted octanol–water partition coefficient (Wildman–Crippen LogP) is 8.93. The van der Waals surface area contributed by atoms with Crippen molar-refractivity contribution >= 4 is 27.7 Å². The molecule has 0 bridgehead atoms. The summed E-state index contributed by atoms with van der Waals surface area (Å²) in [5.41, 5.74) is -4.30. The van der Waals surface area contributed by atoms with E-state index < -0.39 is 63.9 Å². The Kier molecular flexibility index (Phi) is 9.09. The second-order valence-electron chi connectivity index (χ2n) is 12.1. The molecule has 0 aliphatic heterocycles. The first kappa shape index (κ1) is 36.1. The smallest absolute Gasteiger partial charge is 0.416 e. The van der Waals surface area contributed by atoms with Crippen LogP contribution in [0.3, 0.4) is 0 Å². The number of aromatic hydroxyl groups is 1. The van der Waals surface area contributed by atoms with Crippen LogP contribution in [0.1, 0.15) is 55.4 Å². The van der Waals surface area contributed by atoms with Gasteiger partial charge in [0.05, 0.1) is 33.7 Å². The number of aromatic nitrogens is 2. The molecule has 6 nitrogen and oxygen atoms in total. The molecule has 1 atom stereocenters. The first-order valence-corrected chi connectivity index (χ1v) is 15.5. The minimum absolute atomic E-state index is 0.0944. The lowest BCUT2D eigenvalue weighted by Gasteiger charge is -2.22. The molecule has 1 unspecified atom stereocenters. The van der Waals surface area contributed by atoms with E-state index in [1.165, 1.54) is 23.7 Å². The minimum Gasteiger partial charge on any atom is -0.507 e. The normalized spacial score (nSPS) is 13.1. The van der Waals surface area contributed by atoms with E-state index in [0.29, 0.717) is 34.1 Å². The number of alkyl halides is 9. The van der Waals surface area contributed by atoms with Crippen LogP contribution in [0.15, 0.2) is 95.8 Å². The molecule has 0 fully saturated rings. The number of rotatable bonds is 7. The van der Waals surface area contributed by atoms with Gasteiger partial charge < -0.3 is 20.0 Å². The van der Waals surface area contributed by atoms with Crippen LogP contribution >= 0.6 is 0 Å². The molecule has 0 spiro atoms. The first-order valence-electron chi connectivity index (χ1n) is 15.5. The van der Waals surface area contributed by atoms with Crippen molar-refractivity contribution in [3.8, 4) is 5.75 Å². The average Bonchev–Trinajstić information content (AvgIpc) is 3.45. The van der Waals surface area contributed by atoms with Crippen LogP contribution in [0, 0.1) is 0 Å². The highest BCUT2D eigenvalue weighted by Crippen LogP contribution is 2.42. The number of carbonyl (C=O) groups is 1. The van der Waals surface area contributed by atoms with Gasteiger partial charge in [0.2, 0.25) is 0 Å². The van der Waals surface area contributed by atoms with Gasteiger partial charge in [-0.05, 0) is 66.1 Å². The van der Waals surface area contributed by atoms with E-state index in [0.717, 1.165) is 12.1 Å². The van der Waals surface area contributed by atoms with E-state index in [1.807, 2.05) is 0 Å². The Morgan fingerprint density at radius 2 is 1.33 bits per heavy atom. The van der Waals surface area contributed by atoms with Crippen LogP contribution in [-0.4, -0.2) is 27.1 Å². The fraction of sp³-hybridized carbons (Fsp3) is 0.189. The number of benzene rings is 4. The largest absolute Gasteiger partial charge is 0.507 e. The summed E-state index contributed by atoms with van der Waals surface area (Å²) in [7, 11) is 1.47. The average molecular weight is 732 g/mol. The maximum atomic E-state index is 14.0. The Morgan fingerprint density at radius 1 is 0.769 bits per heavy atom. The van der Waals surface area contributed by atoms with Crippen LogP contribution in [0.5, 0.6) is 5.75 Å². The summed E-state index contributed by atoms with van der Waals surface area (Å²) >= 11 is 0. The Morgan fingerprint density at radius 3 is 1.92 bits per heavy atom. The van der Waals surface area contributed by atoms with E-state index in [2.05, 4.69) is 10.3 Å². The molecule has 0 aliphatic carbocycles. The molecule has 6 rings (SSSR count). The lowest BCUT2D eigenvalue weighted by atomic mass is 9.84. The maximum Gasteiger partial charge on any atom is 0.416 e. The third-order valence-electron chi connectivity index (χ3n) is 8.82. The van der Waals surface area contributed by atoms with E-state index in [4.69, 9.17) is 0 Å². The molecule has 3 N–H and O–H groups in total. The third kappa shape index (κ3) is 6.82. The SMILES string of the molecule is Cn1c(=O)c(C(c2ccc(C(F)(F)F)cc2)c2[nH]c3ccccc3c2CCNC(=O)c2cc(C(F)(F)F)cc(C(F)(F)F)c2)c(O)c2ccccc21. The van der Waals surface area contributed by atoms with Gasteiger partial charge in [-0.2, -0.15) is 39.5 Å². The number of pyridine rings is 1. The molecule has 6 aromatic rings. The highest BCUT2D eigenvalue weighted by molar-refractivity contribution is 5.95. The number of halogens is 9. The van der Waals surface area contributed by atoms with Crippen LogP contribution in [0.4, 0.5) is 39.5 Å². The van der Waals surface area contributed by atoms with Crippen molar-refractivity contribution in [3.05, 3.63) is 146 Å². The zero-order valence-electron chi connectivity index (χ0n) is 26.8. The third-order valence-corrected chi connectivity index (χ3v) is 8.82. The number of nitrogens with zero attached hydrogens (tertiary/aromatic N) is 1. The molecule has 52 heavy (non-hydrogen) atoms. The van der Waals surface area contributed by atoms with Crippen molar-refractivity contribution in [1.29, 1.82) is 0 Å². The van der Waals surface area contributed by atoms with Gasteiger partial charge in [0.15, 0.2) is 0 Å². The molecule has 0 saturated carbocycles. The summed E-state index contributed by atoms with van der Waals surface area (Å²) in [5.74, 6) is -2.87. The Labute approximate surface area is 288 Å². The Bertz CT molecular complexity index is 2340. The Hall–Kier alpha value is -5.73. The van der Waals surface area contributed by atoms with E-state index in [-0.39, 0.29) is 41.2 Å². The lowest BCUT2D eigenvalue weighted by Crippen LogP contribution is -2.28. The zero-order valence-corrected chi connectivity index (χ0v) is 26.8. The fourth-order valence-corrected chi connectivity index (χ4v) is 6.33. The molecule has 4 aromatic carbocycles. The number of aryl methyl sites for hydroxylation is 1. The number of carbonyl (C=O) groups excluding carboxylic acids is 1. The van der Waals surface area contributed by atoms with Gasteiger partial charge in [-0.15, -0.1) is 0 Å². The number of fused-ring (bicyclic) bond motifs is 2. The summed E-state index contributed by atoms with van der Waals surface area (Å²) in [5, 5.41) is 14.8. The van der Waals surface area contributed by atoms with Crippen molar-refractivity contribution in [1.82, 2.24) is 14.9 Å². The quantitative estimate of drug-likeness (QED) is 0.143. The number of amides is 1. The number of nitrogens with one attached hydrogen (secondary N) is 2. The van der Waals surface area contributed by atoms with Crippen LogP contribution in [0.2, 0.25) is 0 Å². The van der Waals surface area contributed by atoms with Crippen molar-refractivity contribution in [3.63, 3.8) is 0 Å². The lowest BCUT2D eigenvalue weighted by molar-refractivity contribution is -0.143. The highest BCUT2D eigenvalue weighted by atomic mass is 19.4. The van der Waals surface area contributed by atoms with Gasteiger partial charge in [0.1, 0.15) is 5.75 Å². The maximum absolute atomic E-state index is 14.0. The molecule has 2 aromatic heterocycles. The van der Waals surface area contributed by atoms with Gasteiger partial charge in [-0.1, -0.05) is 42.5 Å². The number of aromatic amines is 1. The number of hydrogen-bond donors (Lipinski definition) is 3. The molecule has 0 saturated heterocycles. The molecular formula is C37H26F9N3O3. The van der Waals surface area contributed by atoms with E-state index in [1.54, 1.807) is 48.5 Å². The molecule has 0 aliphatic rings. The topological polar surface area (TPSA) is 87.1 Å². The molecule has 2 heterocycles. The summed E-state index contributed by atoms with van der Waals surface area (Å²) in [6.45, 7) is -0.327. The van der Waals surface area contributed by atoms with Gasteiger partial charge in [-0.25, -0.2) is 0 Å². The van der Waals surface area contributed by atoms with Crippen molar-refractivity contribution < 1.29 is 49.4 Å². The molecule has 1 amide bonds. The summed E-state index contributed by atoms with van der Waals surface area (Å²) in [6.07, 6.45) is -15.1. The number of hydrogen-bond acceptors (Lipinski definition) is 3. The molecule has 0 radical (unpaired) electrons. The number of para-hydroxylation sites is 2. The Balaban J connectivity index is 1.46. The fourth-order valence-electron chi connectivity index (χ4n) is 6.33. The van der Waals surface area contributed by atoms with Crippen LogP contribution < -0.4 is 10.9 Å². The van der Waals surface area contributed by atoms with Gasteiger partial charge >= 0.3 is 18.5 Å². The van der Waals surface area contributed by atoms with Crippen molar-refractivity contribution in [2.75, 3.05) is 6.54 Å². The molecule has 270 valence electrons. The predicted molar refractivity (Wildman–Crippen MR) is 174 cm³/mol. The minimum atomic E-state index is -5.17. The monoisotopic (exact) mass is 731 g/mol. The summed E-state index contributed by atoms with van der Waals surface area (Å²) in [4.78, 5) is 30.2. The first-order chi connectivity index (χ1) is 24.4. The summed E-state index contributed by atoms with van der Waals surface area (Å²) < 4.78 is 123. The highest BCUT2D eigenvalue weighted by Gasteiger charge is 2.38.